The minimum atomic E-state index is -4.35. The summed E-state index contributed by atoms with van der Waals surface area (Å²) < 4.78 is 39.7. The zero-order valence-electron chi connectivity index (χ0n) is 11.2. The number of nitro groups is 2. The van der Waals surface area contributed by atoms with Crippen molar-refractivity contribution in [3.05, 3.63) is 68.5 Å². The largest absolute Gasteiger partial charge is 0.276 e. The van der Waals surface area contributed by atoms with Crippen LogP contribution >= 0.6 is 0 Å². The molecular formula is C12H8FN3O6S. The van der Waals surface area contributed by atoms with Crippen LogP contribution in [-0.2, 0) is 10.0 Å². The highest BCUT2D eigenvalue weighted by Crippen LogP contribution is 2.25. The molecule has 23 heavy (non-hydrogen) atoms. The molecule has 1 N–H and O–H groups in total. The molecule has 2 aromatic rings. The zero-order valence-corrected chi connectivity index (χ0v) is 12.0. The zero-order chi connectivity index (χ0) is 17.2. The van der Waals surface area contributed by atoms with Crippen molar-refractivity contribution in [2.24, 2.45) is 0 Å². The van der Waals surface area contributed by atoms with Gasteiger partial charge in [-0.3, -0.25) is 25.0 Å². The number of hydrogen-bond acceptors (Lipinski definition) is 6. The van der Waals surface area contributed by atoms with Gasteiger partial charge in [-0.05, 0) is 12.1 Å². The molecule has 0 fully saturated rings. The van der Waals surface area contributed by atoms with Crippen LogP contribution in [0.25, 0.3) is 0 Å². The van der Waals surface area contributed by atoms with Crippen molar-refractivity contribution < 1.29 is 22.7 Å². The van der Waals surface area contributed by atoms with Crippen molar-refractivity contribution in [2.75, 3.05) is 4.72 Å². The molecule has 0 aliphatic rings. The number of benzene rings is 2. The summed E-state index contributed by atoms with van der Waals surface area (Å²) in [5.74, 6) is -1.02. The van der Waals surface area contributed by atoms with E-state index in [-0.39, 0.29) is 0 Å². The van der Waals surface area contributed by atoms with E-state index in [1.54, 1.807) is 0 Å². The second-order valence-corrected chi connectivity index (χ2v) is 5.96. The number of rotatable bonds is 5. The molecule has 11 heteroatoms. The van der Waals surface area contributed by atoms with Crippen LogP contribution in [0.1, 0.15) is 0 Å². The maximum atomic E-state index is 13.6. The maximum absolute atomic E-state index is 13.6. The normalized spacial score (nSPS) is 11.0. The Hall–Kier alpha value is -3.08. The molecule has 0 saturated carbocycles. The number of sulfonamides is 1. The fraction of sp³-hybridized carbons (Fsp3) is 0. The first-order chi connectivity index (χ1) is 10.7. The van der Waals surface area contributed by atoms with Crippen LogP contribution < -0.4 is 4.72 Å². The molecule has 0 radical (unpaired) electrons. The molecule has 0 aromatic heterocycles. The molecule has 0 heterocycles. The Labute approximate surface area is 128 Å². The van der Waals surface area contributed by atoms with Crippen LogP contribution in [-0.4, -0.2) is 18.3 Å². The Kier molecular flexibility index (Phi) is 4.22. The van der Waals surface area contributed by atoms with E-state index in [2.05, 4.69) is 0 Å². The molecule has 2 rings (SSSR count). The van der Waals surface area contributed by atoms with E-state index in [4.69, 9.17) is 0 Å². The lowest BCUT2D eigenvalue weighted by molar-refractivity contribution is -0.385. The smallest absolute Gasteiger partial charge is 0.271 e. The highest BCUT2D eigenvalue weighted by atomic mass is 32.2. The third-order valence-electron chi connectivity index (χ3n) is 2.74. The first-order valence-corrected chi connectivity index (χ1v) is 7.40. The molecule has 0 amide bonds. The monoisotopic (exact) mass is 341 g/mol. The number of non-ortho nitro benzene ring substituents is 2. The molecule has 0 unspecified atom stereocenters. The number of anilines is 1. The highest BCUT2D eigenvalue weighted by Gasteiger charge is 2.20. The van der Waals surface area contributed by atoms with Crippen LogP contribution in [0.15, 0.2) is 47.4 Å². The van der Waals surface area contributed by atoms with Gasteiger partial charge in [0.1, 0.15) is 5.82 Å². The molecular weight excluding hydrogens is 333 g/mol. The second-order valence-electron chi connectivity index (χ2n) is 4.28. The minimum Gasteiger partial charge on any atom is -0.276 e. The van der Waals surface area contributed by atoms with Crippen LogP contribution in [0.4, 0.5) is 21.5 Å². The SMILES string of the molecule is O=[N+]([O-])c1cccc(S(=O)(=O)Nc2cc([N+](=O)[O-])ccc2F)c1. The van der Waals surface area contributed by atoms with Crippen molar-refractivity contribution in [3.63, 3.8) is 0 Å². The highest BCUT2D eigenvalue weighted by molar-refractivity contribution is 7.92. The summed E-state index contributed by atoms with van der Waals surface area (Å²) in [6.45, 7) is 0. The van der Waals surface area contributed by atoms with Gasteiger partial charge in [0.25, 0.3) is 21.4 Å². The molecule has 9 nitrogen and oxygen atoms in total. The lowest BCUT2D eigenvalue weighted by Gasteiger charge is -2.08. The third kappa shape index (κ3) is 3.58. The number of nitro benzene ring substituents is 2. The van der Waals surface area contributed by atoms with E-state index in [0.717, 1.165) is 36.4 Å². The fourth-order valence-electron chi connectivity index (χ4n) is 1.67. The topological polar surface area (TPSA) is 132 Å². The Balaban J connectivity index is 2.42. The Morgan fingerprint density at radius 2 is 1.57 bits per heavy atom. The summed E-state index contributed by atoms with van der Waals surface area (Å²) in [5, 5.41) is 21.3. The molecule has 0 aliphatic heterocycles. The molecule has 0 atom stereocenters. The predicted octanol–water partition coefficient (Wildman–Crippen LogP) is 2.44. The maximum Gasteiger partial charge on any atom is 0.271 e. The van der Waals surface area contributed by atoms with Crippen LogP contribution in [0, 0.1) is 26.0 Å². The summed E-state index contributed by atoms with van der Waals surface area (Å²) in [4.78, 5) is 19.2. The van der Waals surface area contributed by atoms with Crippen molar-refractivity contribution in [3.8, 4) is 0 Å². The van der Waals surface area contributed by atoms with E-state index < -0.39 is 47.6 Å². The van der Waals surface area contributed by atoms with Gasteiger partial charge < -0.3 is 0 Å². The summed E-state index contributed by atoms with van der Waals surface area (Å²) in [6.07, 6.45) is 0. The minimum absolute atomic E-state index is 0.465. The first kappa shape index (κ1) is 16.3. The lowest BCUT2D eigenvalue weighted by Crippen LogP contribution is -2.14. The predicted molar refractivity (Wildman–Crippen MR) is 77.0 cm³/mol. The Bertz CT molecular complexity index is 899. The van der Waals surface area contributed by atoms with Gasteiger partial charge in [0.05, 0.1) is 20.4 Å². The molecule has 0 aliphatic carbocycles. The van der Waals surface area contributed by atoms with E-state index in [1.165, 1.54) is 0 Å². The van der Waals surface area contributed by atoms with Crippen LogP contribution in [0.2, 0.25) is 0 Å². The van der Waals surface area contributed by atoms with Gasteiger partial charge in [-0.15, -0.1) is 0 Å². The fourth-order valence-corrected chi connectivity index (χ4v) is 2.77. The summed E-state index contributed by atoms with van der Waals surface area (Å²) in [5.41, 5.74) is -1.61. The van der Waals surface area contributed by atoms with E-state index in [0.29, 0.717) is 6.07 Å². The van der Waals surface area contributed by atoms with Crippen LogP contribution in [0.3, 0.4) is 0 Å². The Morgan fingerprint density at radius 1 is 0.957 bits per heavy atom. The summed E-state index contributed by atoms with van der Waals surface area (Å²) >= 11 is 0. The van der Waals surface area contributed by atoms with Crippen molar-refractivity contribution >= 4 is 27.1 Å². The van der Waals surface area contributed by atoms with E-state index >= 15 is 0 Å². The van der Waals surface area contributed by atoms with Gasteiger partial charge in [0.15, 0.2) is 0 Å². The quantitative estimate of drug-likeness (QED) is 0.656. The molecule has 2 aromatic carbocycles. The molecule has 0 spiro atoms. The Morgan fingerprint density at radius 3 is 2.17 bits per heavy atom. The second kappa shape index (κ2) is 5.96. The molecule has 0 saturated heterocycles. The number of nitrogens with zero attached hydrogens (tertiary/aromatic N) is 2. The van der Waals surface area contributed by atoms with Crippen molar-refractivity contribution in [1.82, 2.24) is 0 Å². The van der Waals surface area contributed by atoms with Gasteiger partial charge >= 0.3 is 0 Å². The van der Waals surface area contributed by atoms with Gasteiger partial charge in [-0.1, -0.05) is 6.07 Å². The number of halogens is 1. The van der Waals surface area contributed by atoms with Crippen molar-refractivity contribution in [2.45, 2.75) is 4.90 Å². The van der Waals surface area contributed by atoms with E-state index in [1.807, 2.05) is 4.72 Å². The average Bonchev–Trinajstić information content (AvgIpc) is 2.49. The number of hydrogen-bond donors (Lipinski definition) is 1. The number of nitrogens with one attached hydrogen (secondary N) is 1. The van der Waals surface area contributed by atoms with Gasteiger partial charge in [0.2, 0.25) is 0 Å². The van der Waals surface area contributed by atoms with E-state index in [9.17, 15) is 33.0 Å². The van der Waals surface area contributed by atoms with Gasteiger partial charge in [-0.2, -0.15) is 0 Å². The van der Waals surface area contributed by atoms with Crippen LogP contribution in [0.5, 0.6) is 0 Å². The molecule has 0 bridgehead atoms. The van der Waals surface area contributed by atoms with Gasteiger partial charge in [-0.25, -0.2) is 12.8 Å². The molecule has 120 valence electrons. The summed E-state index contributed by atoms with van der Waals surface area (Å²) in [7, 11) is -4.35. The first-order valence-electron chi connectivity index (χ1n) is 5.92. The lowest BCUT2D eigenvalue weighted by atomic mass is 10.3. The van der Waals surface area contributed by atoms with Crippen molar-refractivity contribution in [1.29, 1.82) is 0 Å². The average molecular weight is 341 g/mol. The van der Waals surface area contributed by atoms with Gasteiger partial charge in [0, 0.05) is 24.3 Å². The summed E-state index contributed by atoms with van der Waals surface area (Å²) in [6, 6.07) is 6.43. The third-order valence-corrected chi connectivity index (χ3v) is 4.11. The standard InChI is InChI=1S/C12H8FN3O6S/c13-11-5-4-9(16(19)20)7-12(11)14-23(21,22)10-3-1-2-8(6-10)15(17)18/h1-7,14H.